The average molecular weight is 378 g/mol. The number of hydrogen-bond donors (Lipinski definition) is 1. The summed E-state index contributed by atoms with van der Waals surface area (Å²) in [5.41, 5.74) is 0. The lowest BCUT2D eigenvalue weighted by Crippen LogP contribution is -2.34. The predicted molar refractivity (Wildman–Crippen MR) is 99.7 cm³/mol. The van der Waals surface area contributed by atoms with Gasteiger partial charge in [0, 0.05) is 6.54 Å². The molecule has 0 saturated heterocycles. The highest BCUT2D eigenvalue weighted by Crippen LogP contribution is 2.25. The molecule has 1 aromatic carbocycles. The Bertz CT molecular complexity index is 779. The smallest absolute Gasteiger partial charge is 0.240 e. The van der Waals surface area contributed by atoms with Crippen LogP contribution in [-0.2, 0) is 10.0 Å². The van der Waals surface area contributed by atoms with Crippen molar-refractivity contribution in [2.45, 2.75) is 42.7 Å². The van der Waals surface area contributed by atoms with Crippen LogP contribution in [0.15, 0.2) is 52.0 Å². The molecule has 1 aliphatic rings. The van der Waals surface area contributed by atoms with Crippen molar-refractivity contribution in [3.8, 4) is 5.75 Å². The Morgan fingerprint density at radius 2 is 1.88 bits per heavy atom. The molecule has 3 rings (SSSR count). The third-order valence-electron chi connectivity index (χ3n) is 4.70. The molecule has 6 nitrogen and oxygen atoms in total. The maximum atomic E-state index is 12.6. The summed E-state index contributed by atoms with van der Waals surface area (Å²) in [5.74, 6) is 1.44. The van der Waals surface area contributed by atoms with Gasteiger partial charge in [-0.1, -0.05) is 0 Å². The molecule has 1 aliphatic carbocycles. The molecule has 0 aliphatic heterocycles. The van der Waals surface area contributed by atoms with Crippen LogP contribution in [0.3, 0.4) is 0 Å². The van der Waals surface area contributed by atoms with Crippen molar-refractivity contribution < 1.29 is 17.6 Å². The van der Waals surface area contributed by atoms with Gasteiger partial charge in [-0.3, -0.25) is 4.90 Å². The summed E-state index contributed by atoms with van der Waals surface area (Å²) < 4.78 is 39.1. The summed E-state index contributed by atoms with van der Waals surface area (Å²) in [7, 11) is 0.173. The van der Waals surface area contributed by atoms with Gasteiger partial charge in [0.2, 0.25) is 10.0 Å². The van der Waals surface area contributed by atoms with Gasteiger partial charge < -0.3 is 9.15 Å². The van der Waals surface area contributed by atoms with Gasteiger partial charge in [0.25, 0.3) is 0 Å². The number of rotatable bonds is 8. The van der Waals surface area contributed by atoms with Crippen LogP contribution in [0.1, 0.15) is 37.5 Å². The second-order valence-electron chi connectivity index (χ2n) is 6.84. The second-order valence-corrected chi connectivity index (χ2v) is 8.61. The van der Waals surface area contributed by atoms with Crippen LogP contribution in [0, 0.1) is 0 Å². The van der Waals surface area contributed by atoms with E-state index in [0.29, 0.717) is 0 Å². The molecule has 0 radical (unpaired) electrons. The molecule has 1 fully saturated rings. The van der Waals surface area contributed by atoms with Gasteiger partial charge in [-0.2, -0.15) is 0 Å². The van der Waals surface area contributed by atoms with Crippen molar-refractivity contribution >= 4 is 10.0 Å². The Kier molecular flexibility index (Phi) is 6.01. The lowest BCUT2D eigenvalue weighted by molar-refractivity contribution is 0.210. The fourth-order valence-electron chi connectivity index (χ4n) is 3.19. The number of furan rings is 1. The van der Waals surface area contributed by atoms with Crippen molar-refractivity contribution in [1.82, 2.24) is 9.62 Å². The summed E-state index contributed by atoms with van der Waals surface area (Å²) in [5, 5.41) is 0. The highest BCUT2D eigenvalue weighted by Gasteiger charge is 2.22. The van der Waals surface area contributed by atoms with E-state index in [1.165, 1.54) is 12.8 Å². The molecule has 0 bridgehead atoms. The molecule has 7 heteroatoms. The maximum Gasteiger partial charge on any atom is 0.240 e. The molecule has 1 unspecified atom stereocenters. The first-order valence-electron chi connectivity index (χ1n) is 8.92. The van der Waals surface area contributed by atoms with E-state index in [1.807, 2.05) is 25.1 Å². The van der Waals surface area contributed by atoms with Gasteiger partial charge in [0.1, 0.15) is 11.5 Å². The molecule has 1 atom stereocenters. The van der Waals surface area contributed by atoms with E-state index in [0.717, 1.165) is 24.4 Å². The van der Waals surface area contributed by atoms with Crippen LogP contribution in [-0.4, -0.2) is 40.1 Å². The number of sulfonamides is 1. The topological polar surface area (TPSA) is 71.8 Å². The van der Waals surface area contributed by atoms with Gasteiger partial charge in [-0.15, -0.1) is 0 Å². The number of hydrogen-bond acceptors (Lipinski definition) is 5. The monoisotopic (exact) mass is 378 g/mol. The minimum atomic E-state index is -3.60. The predicted octanol–water partition coefficient (Wildman–Crippen LogP) is 3.18. The number of likely N-dealkylation sites (N-methyl/N-ethyl adjacent to an activating group) is 1. The largest absolute Gasteiger partial charge is 0.490 e. The number of ether oxygens (including phenoxy) is 1. The SMILES string of the molecule is CN(C)C(CNS(=O)(=O)c1ccc(OC2CCCC2)cc1)c1ccco1. The van der Waals surface area contributed by atoms with Crippen molar-refractivity contribution in [3.63, 3.8) is 0 Å². The quantitative estimate of drug-likeness (QED) is 0.764. The number of benzene rings is 1. The summed E-state index contributed by atoms with van der Waals surface area (Å²) in [6.07, 6.45) is 6.38. The minimum absolute atomic E-state index is 0.176. The zero-order valence-corrected chi connectivity index (χ0v) is 16.0. The zero-order valence-electron chi connectivity index (χ0n) is 15.2. The third kappa shape index (κ3) is 4.66. The minimum Gasteiger partial charge on any atom is -0.490 e. The van der Waals surface area contributed by atoms with Gasteiger partial charge in [-0.25, -0.2) is 13.1 Å². The lowest BCUT2D eigenvalue weighted by atomic mass is 10.2. The maximum absolute atomic E-state index is 12.6. The molecular formula is C19H26N2O4S. The van der Waals surface area contributed by atoms with Gasteiger partial charge >= 0.3 is 0 Å². The van der Waals surface area contributed by atoms with Crippen molar-refractivity contribution in [1.29, 1.82) is 0 Å². The summed E-state index contributed by atoms with van der Waals surface area (Å²) in [6, 6.07) is 10.1. The first-order valence-corrected chi connectivity index (χ1v) is 10.4. The van der Waals surface area contributed by atoms with Crippen LogP contribution in [0.4, 0.5) is 0 Å². The summed E-state index contributed by atoms with van der Waals surface area (Å²) >= 11 is 0. The van der Waals surface area contributed by atoms with Gasteiger partial charge in [0.15, 0.2) is 0 Å². The van der Waals surface area contributed by atoms with Crippen molar-refractivity contribution in [2.75, 3.05) is 20.6 Å². The fourth-order valence-corrected chi connectivity index (χ4v) is 4.22. The Labute approximate surface area is 155 Å². The zero-order chi connectivity index (χ0) is 18.6. The molecule has 0 spiro atoms. The molecule has 0 amide bonds. The average Bonchev–Trinajstić information content (AvgIpc) is 3.29. The van der Waals surface area contributed by atoms with Crippen LogP contribution < -0.4 is 9.46 Å². The van der Waals surface area contributed by atoms with E-state index >= 15 is 0 Å². The molecule has 2 aromatic rings. The Morgan fingerprint density at radius 1 is 1.19 bits per heavy atom. The Balaban J connectivity index is 1.63. The van der Waals surface area contributed by atoms with E-state index in [1.54, 1.807) is 36.6 Å². The highest BCUT2D eigenvalue weighted by atomic mass is 32.2. The molecule has 1 aromatic heterocycles. The third-order valence-corrected chi connectivity index (χ3v) is 6.14. The van der Waals surface area contributed by atoms with Crippen molar-refractivity contribution in [2.24, 2.45) is 0 Å². The van der Waals surface area contributed by atoms with Crippen LogP contribution in [0.2, 0.25) is 0 Å². The molecule has 26 heavy (non-hydrogen) atoms. The standard InChI is InChI=1S/C19H26N2O4S/c1-21(2)18(19-8-5-13-24-19)14-20-26(22,23)17-11-9-16(10-12-17)25-15-6-3-4-7-15/h5,8-13,15,18,20H,3-4,6-7,14H2,1-2H3. The van der Waals surface area contributed by atoms with E-state index in [4.69, 9.17) is 9.15 Å². The molecule has 1 heterocycles. The second kappa shape index (κ2) is 8.24. The molecule has 142 valence electrons. The summed E-state index contributed by atoms with van der Waals surface area (Å²) in [6.45, 7) is 0.225. The van der Waals surface area contributed by atoms with Crippen LogP contribution in [0.5, 0.6) is 5.75 Å². The summed E-state index contributed by atoms with van der Waals surface area (Å²) in [4.78, 5) is 2.15. The van der Waals surface area contributed by atoms with E-state index in [-0.39, 0.29) is 23.6 Å². The Hall–Kier alpha value is -1.83. The van der Waals surface area contributed by atoms with Crippen LogP contribution in [0.25, 0.3) is 0 Å². The lowest BCUT2D eigenvalue weighted by Gasteiger charge is -2.22. The fraction of sp³-hybridized carbons (Fsp3) is 0.474. The molecule has 1 saturated carbocycles. The molecular weight excluding hydrogens is 352 g/mol. The van der Waals surface area contributed by atoms with Crippen molar-refractivity contribution in [3.05, 3.63) is 48.4 Å². The highest BCUT2D eigenvalue weighted by molar-refractivity contribution is 7.89. The molecule has 1 N–H and O–H groups in total. The normalized spacial score (nSPS) is 16.9. The first kappa shape index (κ1) is 18.9. The van der Waals surface area contributed by atoms with E-state index in [2.05, 4.69) is 4.72 Å². The van der Waals surface area contributed by atoms with Gasteiger partial charge in [-0.05, 0) is 76.2 Å². The Morgan fingerprint density at radius 3 is 2.46 bits per heavy atom. The first-order chi connectivity index (χ1) is 12.5. The van der Waals surface area contributed by atoms with E-state index < -0.39 is 10.0 Å². The number of nitrogens with one attached hydrogen (secondary N) is 1. The van der Waals surface area contributed by atoms with Crippen LogP contribution >= 0.6 is 0 Å². The van der Waals surface area contributed by atoms with Gasteiger partial charge in [0.05, 0.1) is 23.3 Å². The van der Waals surface area contributed by atoms with E-state index in [9.17, 15) is 8.42 Å². The number of nitrogens with zero attached hydrogens (tertiary/aromatic N) is 1.